The second-order valence-corrected chi connectivity index (χ2v) is 10.5. The van der Waals surface area contributed by atoms with Crippen LogP contribution in [0.1, 0.15) is 155 Å². The Kier molecular flexibility index (Phi) is 28.7. The number of ether oxygens (including phenoxy) is 2. The summed E-state index contributed by atoms with van der Waals surface area (Å²) in [5.74, 6) is -0.610. The summed E-state index contributed by atoms with van der Waals surface area (Å²) in [6.07, 6.45) is 32.3. The predicted molar refractivity (Wildman–Crippen MR) is 159 cm³/mol. The molecule has 1 atom stereocenters. The van der Waals surface area contributed by atoms with Crippen molar-refractivity contribution >= 4 is 11.9 Å². The third kappa shape index (κ3) is 27.4. The average Bonchev–Trinajstić information content (AvgIpc) is 2.92. The molecule has 222 valence electrons. The van der Waals surface area contributed by atoms with Crippen LogP contribution in [0.5, 0.6) is 0 Å². The number of rotatable bonds is 28. The summed E-state index contributed by atoms with van der Waals surface area (Å²) in [5.41, 5.74) is 0. The Morgan fingerprint density at radius 2 is 1.05 bits per heavy atom. The number of carbonyl (C=O) groups excluding carboxylic acids is 2. The highest BCUT2D eigenvalue weighted by molar-refractivity contribution is 5.70. The van der Waals surface area contributed by atoms with E-state index in [1.807, 2.05) is 0 Å². The molecular weight excluding hydrogens is 476 g/mol. The third-order valence-corrected chi connectivity index (χ3v) is 6.75. The van der Waals surface area contributed by atoms with E-state index >= 15 is 0 Å². The third-order valence-electron chi connectivity index (χ3n) is 6.75. The molecule has 5 nitrogen and oxygen atoms in total. The van der Waals surface area contributed by atoms with Gasteiger partial charge in [-0.2, -0.15) is 0 Å². The van der Waals surface area contributed by atoms with Crippen molar-refractivity contribution < 1.29 is 24.2 Å². The molecule has 0 rings (SSSR count). The van der Waals surface area contributed by atoms with Gasteiger partial charge in [-0.25, -0.2) is 0 Å². The first-order valence-electron chi connectivity index (χ1n) is 15.9. The van der Waals surface area contributed by atoms with Crippen LogP contribution in [0, 0.1) is 0 Å². The Balaban J connectivity index is 3.62. The number of hydrogen-bond donors (Lipinski definition) is 1. The van der Waals surface area contributed by atoms with Crippen molar-refractivity contribution in [2.75, 3.05) is 13.2 Å². The highest BCUT2D eigenvalue weighted by Crippen LogP contribution is 2.12. The summed E-state index contributed by atoms with van der Waals surface area (Å²) < 4.78 is 10.5. The molecule has 0 aliphatic carbocycles. The van der Waals surface area contributed by atoms with Crippen LogP contribution in [0.15, 0.2) is 24.3 Å². The molecule has 0 heterocycles. The number of aliphatic hydroxyl groups is 1. The molecule has 0 fully saturated rings. The first-order valence-corrected chi connectivity index (χ1v) is 15.9. The molecule has 0 aromatic heterocycles. The first kappa shape index (κ1) is 36.4. The van der Waals surface area contributed by atoms with Gasteiger partial charge in [0.25, 0.3) is 0 Å². The molecule has 0 saturated heterocycles. The van der Waals surface area contributed by atoms with E-state index in [4.69, 9.17) is 9.47 Å². The van der Waals surface area contributed by atoms with Crippen LogP contribution in [-0.4, -0.2) is 36.4 Å². The fraction of sp³-hybridized carbons (Fsp3) is 0.818. The molecule has 0 amide bonds. The number of carbonyl (C=O) groups is 2. The van der Waals surface area contributed by atoms with Crippen LogP contribution in [0.25, 0.3) is 0 Å². The van der Waals surface area contributed by atoms with Crippen LogP contribution in [0.2, 0.25) is 0 Å². The highest BCUT2D eigenvalue weighted by atomic mass is 16.6. The Bertz CT molecular complexity index is 584. The molecule has 5 heteroatoms. The van der Waals surface area contributed by atoms with Crippen LogP contribution in [-0.2, 0) is 19.1 Å². The molecule has 0 saturated carbocycles. The van der Waals surface area contributed by atoms with Gasteiger partial charge in [0.1, 0.15) is 6.61 Å². The number of allylic oxidation sites excluding steroid dienone is 4. The minimum atomic E-state index is -0.771. The zero-order chi connectivity index (χ0) is 27.9. The molecule has 0 bridgehead atoms. The van der Waals surface area contributed by atoms with E-state index in [-0.39, 0.29) is 25.2 Å². The summed E-state index contributed by atoms with van der Waals surface area (Å²) >= 11 is 0. The Hall–Kier alpha value is -1.62. The quantitative estimate of drug-likeness (QED) is 0.0613. The summed E-state index contributed by atoms with van der Waals surface area (Å²) in [6.45, 7) is 4.06. The van der Waals surface area contributed by atoms with Crippen LogP contribution in [0.4, 0.5) is 0 Å². The molecule has 0 spiro atoms. The molecule has 0 aromatic rings. The van der Waals surface area contributed by atoms with E-state index < -0.39 is 6.10 Å². The molecule has 0 radical (unpaired) electrons. The number of aliphatic hydroxyl groups excluding tert-OH is 1. The summed E-state index contributed by atoms with van der Waals surface area (Å²) in [5, 5.41) is 9.46. The van der Waals surface area contributed by atoms with E-state index in [1.165, 1.54) is 77.0 Å². The van der Waals surface area contributed by atoms with Crippen LogP contribution >= 0.6 is 0 Å². The van der Waals surface area contributed by atoms with Gasteiger partial charge in [0.15, 0.2) is 6.10 Å². The van der Waals surface area contributed by atoms with Gasteiger partial charge in [-0.05, 0) is 44.9 Å². The van der Waals surface area contributed by atoms with Crippen molar-refractivity contribution in [2.45, 2.75) is 161 Å². The normalized spacial score (nSPS) is 12.4. The van der Waals surface area contributed by atoms with Crippen molar-refractivity contribution in [3.63, 3.8) is 0 Å². The maximum Gasteiger partial charge on any atom is 0.306 e. The molecular formula is C33H60O5. The number of unbranched alkanes of at least 4 members (excludes halogenated alkanes) is 16. The minimum absolute atomic E-state index is 0.0688. The number of hydrogen-bond acceptors (Lipinski definition) is 5. The van der Waals surface area contributed by atoms with Gasteiger partial charge in [0, 0.05) is 12.8 Å². The molecule has 0 unspecified atom stereocenters. The zero-order valence-corrected chi connectivity index (χ0v) is 24.9. The fourth-order valence-corrected chi connectivity index (χ4v) is 4.29. The fourth-order valence-electron chi connectivity index (χ4n) is 4.29. The maximum atomic E-state index is 12.1. The van der Waals surface area contributed by atoms with Crippen molar-refractivity contribution in [1.82, 2.24) is 0 Å². The Labute approximate surface area is 234 Å². The van der Waals surface area contributed by atoms with Gasteiger partial charge in [-0.1, -0.05) is 122 Å². The largest absolute Gasteiger partial charge is 0.462 e. The lowest BCUT2D eigenvalue weighted by Gasteiger charge is -2.15. The van der Waals surface area contributed by atoms with Crippen LogP contribution in [0.3, 0.4) is 0 Å². The minimum Gasteiger partial charge on any atom is -0.462 e. The van der Waals surface area contributed by atoms with E-state index in [1.54, 1.807) is 0 Å². The summed E-state index contributed by atoms with van der Waals surface area (Å²) in [6, 6.07) is 0. The molecule has 0 aromatic carbocycles. The van der Waals surface area contributed by atoms with Gasteiger partial charge in [-0.15, -0.1) is 0 Å². The zero-order valence-electron chi connectivity index (χ0n) is 24.9. The topological polar surface area (TPSA) is 72.8 Å². The Morgan fingerprint density at radius 3 is 1.61 bits per heavy atom. The lowest BCUT2D eigenvalue weighted by Crippen LogP contribution is -2.28. The molecule has 38 heavy (non-hydrogen) atoms. The molecule has 0 aliphatic heterocycles. The van der Waals surface area contributed by atoms with E-state index in [0.29, 0.717) is 12.8 Å². The van der Waals surface area contributed by atoms with Gasteiger partial charge < -0.3 is 14.6 Å². The van der Waals surface area contributed by atoms with Crippen molar-refractivity contribution in [3.05, 3.63) is 24.3 Å². The standard InChI is InChI=1S/C33H60O5/c1-3-5-7-9-11-13-14-15-16-17-18-20-22-24-26-28-33(36)38-31(29-34)30-37-32(35)27-25-23-21-19-12-10-8-6-4-2/h11,13,15-16,31,34H,3-10,12,14,17-30H2,1-2H3/b13-11-,16-15-/t31-/m0/s1. The monoisotopic (exact) mass is 536 g/mol. The lowest BCUT2D eigenvalue weighted by molar-refractivity contribution is -0.161. The first-order chi connectivity index (χ1) is 18.6. The van der Waals surface area contributed by atoms with E-state index in [2.05, 4.69) is 38.2 Å². The summed E-state index contributed by atoms with van der Waals surface area (Å²) in [7, 11) is 0. The number of esters is 2. The van der Waals surface area contributed by atoms with Crippen LogP contribution < -0.4 is 0 Å². The average molecular weight is 537 g/mol. The van der Waals surface area contributed by atoms with Gasteiger partial charge in [0.05, 0.1) is 6.61 Å². The van der Waals surface area contributed by atoms with Crippen molar-refractivity contribution in [1.29, 1.82) is 0 Å². The van der Waals surface area contributed by atoms with Gasteiger partial charge in [-0.3, -0.25) is 9.59 Å². The SMILES string of the molecule is CCCCC/C=C\C/C=C\CCCCCCCC(=O)O[C@@H](CO)COC(=O)CCCCCCCCCCC. The molecule has 1 N–H and O–H groups in total. The maximum absolute atomic E-state index is 12.1. The van der Waals surface area contributed by atoms with E-state index in [9.17, 15) is 14.7 Å². The van der Waals surface area contributed by atoms with Crippen molar-refractivity contribution in [3.8, 4) is 0 Å². The molecule has 0 aliphatic rings. The van der Waals surface area contributed by atoms with Crippen molar-refractivity contribution in [2.24, 2.45) is 0 Å². The second kappa shape index (κ2) is 29.9. The Morgan fingerprint density at radius 1 is 0.605 bits per heavy atom. The second-order valence-electron chi connectivity index (χ2n) is 10.5. The lowest BCUT2D eigenvalue weighted by atomic mass is 10.1. The van der Waals surface area contributed by atoms with Gasteiger partial charge in [0.2, 0.25) is 0 Å². The van der Waals surface area contributed by atoms with Gasteiger partial charge >= 0.3 is 11.9 Å². The predicted octanol–water partition coefficient (Wildman–Crippen LogP) is 9.17. The smallest absolute Gasteiger partial charge is 0.306 e. The highest BCUT2D eigenvalue weighted by Gasteiger charge is 2.16. The summed E-state index contributed by atoms with van der Waals surface area (Å²) in [4.78, 5) is 24.0. The van der Waals surface area contributed by atoms with E-state index in [0.717, 1.165) is 51.4 Å².